The van der Waals surface area contributed by atoms with Gasteiger partial charge in [0.2, 0.25) is 0 Å². The highest BCUT2D eigenvalue weighted by Crippen LogP contribution is 2.10. The normalized spacial score (nSPS) is 18.1. The Balaban J connectivity index is 1.89. The van der Waals surface area contributed by atoms with Gasteiger partial charge in [-0.25, -0.2) is 4.79 Å². The fourth-order valence-corrected chi connectivity index (χ4v) is 1.87. The van der Waals surface area contributed by atoms with E-state index in [1.54, 1.807) is 0 Å². The molecule has 1 aliphatic heterocycles. The Morgan fingerprint density at radius 1 is 1.53 bits per heavy atom. The van der Waals surface area contributed by atoms with E-state index < -0.39 is 5.97 Å². The molecule has 0 aromatic carbocycles. The van der Waals surface area contributed by atoms with Gasteiger partial charge in [-0.15, -0.1) is 0 Å². The van der Waals surface area contributed by atoms with E-state index in [4.69, 9.17) is 4.74 Å². The highest BCUT2D eigenvalue weighted by Gasteiger charge is 2.17. The van der Waals surface area contributed by atoms with E-state index >= 15 is 0 Å². The molecule has 0 bridgehead atoms. The van der Waals surface area contributed by atoms with Crippen molar-refractivity contribution in [3.8, 4) is 0 Å². The van der Waals surface area contributed by atoms with Gasteiger partial charge in [0, 0.05) is 19.3 Å². The predicted octanol–water partition coefficient (Wildman–Crippen LogP) is 0.777. The summed E-state index contributed by atoms with van der Waals surface area (Å²) in [6.45, 7) is 1.24. The van der Waals surface area contributed by atoms with Crippen LogP contribution >= 0.6 is 0 Å². The van der Waals surface area contributed by atoms with Gasteiger partial charge in [0.05, 0.1) is 18.8 Å². The quantitative estimate of drug-likeness (QED) is 0.813. The molecule has 1 amide bonds. The number of nitrogens with zero attached hydrogens (tertiary/aromatic N) is 1. The molecule has 1 N–H and O–H groups in total. The van der Waals surface area contributed by atoms with Gasteiger partial charge in [-0.1, -0.05) is 0 Å². The van der Waals surface area contributed by atoms with Crippen molar-refractivity contribution >= 4 is 11.9 Å². The number of pyridine rings is 1. The summed E-state index contributed by atoms with van der Waals surface area (Å²) >= 11 is 0. The number of aromatic nitrogens is 1. The summed E-state index contributed by atoms with van der Waals surface area (Å²) < 4.78 is 9.96. The summed E-state index contributed by atoms with van der Waals surface area (Å²) in [5.74, 6) is -0.745. The molecule has 2 rings (SSSR count). The molecule has 6 nitrogen and oxygen atoms in total. The first-order valence-corrected chi connectivity index (χ1v) is 6.15. The molecule has 1 atom stereocenters. The molecule has 1 saturated heterocycles. The largest absolute Gasteiger partial charge is 0.465 e. The van der Waals surface area contributed by atoms with Crippen molar-refractivity contribution in [3.63, 3.8) is 0 Å². The molecule has 0 spiro atoms. The van der Waals surface area contributed by atoms with Gasteiger partial charge in [0.15, 0.2) is 0 Å². The topological polar surface area (TPSA) is 77.5 Å². The van der Waals surface area contributed by atoms with Crippen LogP contribution in [0.2, 0.25) is 0 Å². The van der Waals surface area contributed by atoms with E-state index in [1.165, 1.54) is 25.4 Å². The van der Waals surface area contributed by atoms with Crippen molar-refractivity contribution in [2.75, 3.05) is 20.3 Å². The van der Waals surface area contributed by atoms with E-state index in [0.717, 1.165) is 19.4 Å². The number of amides is 1. The number of nitrogens with one attached hydrogen (secondary N) is 1. The average molecular weight is 264 g/mol. The van der Waals surface area contributed by atoms with Crippen LogP contribution in [0.15, 0.2) is 18.3 Å². The molecule has 1 fully saturated rings. The van der Waals surface area contributed by atoms with Crippen molar-refractivity contribution in [2.45, 2.75) is 18.9 Å². The molecular formula is C13H16N2O4. The van der Waals surface area contributed by atoms with Crippen LogP contribution in [0.3, 0.4) is 0 Å². The van der Waals surface area contributed by atoms with Crippen LogP contribution in [0.25, 0.3) is 0 Å². The van der Waals surface area contributed by atoms with E-state index in [-0.39, 0.29) is 17.7 Å². The van der Waals surface area contributed by atoms with Crippen LogP contribution < -0.4 is 5.32 Å². The van der Waals surface area contributed by atoms with Gasteiger partial charge in [0.1, 0.15) is 5.69 Å². The third kappa shape index (κ3) is 3.51. The van der Waals surface area contributed by atoms with Crippen LogP contribution in [-0.4, -0.2) is 43.2 Å². The average Bonchev–Trinajstić information content (AvgIpc) is 2.97. The molecule has 1 aromatic heterocycles. The smallest absolute Gasteiger partial charge is 0.339 e. The van der Waals surface area contributed by atoms with Gasteiger partial charge in [0.25, 0.3) is 5.91 Å². The number of methoxy groups -OCH3 is 1. The molecule has 102 valence electrons. The summed E-state index contributed by atoms with van der Waals surface area (Å²) in [6, 6.07) is 3.01. The zero-order valence-corrected chi connectivity index (χ0v) is 10.7. The van der Waals surface area contributed by atoms with Gasteiger partial charge in [-0.3, -0.25) is 9.78 Å². The molecular weight excluding hydrogens is 248 g/mol. The molecule has 0 radical (unpaired) electrons. The number of carbonyl (C=O) groups excluding carboxylic acids is 2. The van der Waals surface area contributed by atoms with Gasteiger partial charge >= 0.3 is 5.97 Å². The van der Waals surface area contributed by atoms with E-state index in [0.29, 0.717) is 12.1 Å². The minimum absolute atomic E-state index is 0.0956. The number of hydrogen-bond donors (Lipinski definition) is 1. The highest BCUT2D eigenvalue weighted by molar-refractivity contribution is 5.94. The van der Waals surface area contributed by atoms with E-state index in [2.05, 4.69) is 15.0 Å². The minimum atomic E-state index is -0.473. The summed E-state index contributed by atoms with van der Waals surface area (Å²) in [6.07, 6.45) is 3.42. The van der Waals surface area contributed by atoms with Crippen LogP contribution in [-0.2, 0) is 9.47 Å². The molecule has 0 saturated carbocycles. The zero-order valence-electron chi connectivity index (χ0n) is 10.7. The van der Waals surface area contributed by atoms with Gasteiger partial charge < -0.3 is 14.8 Å². The maximum Gasteiger partial charge on any atom is 0.339 e. The standard InChI is InChI=1S/C13H16N2O4/c1-18-13(17)9-4-5-11(14-7-9)12(16)15-8-10-3-2-6-19-10/h4-5,7,10H,2-3,6,8H2,1H3,(H,15,16). The Morgan fingerprint density at radius 2 is 2.37 bits per heavy atom. The zero-order chi connectivity index (χ0) is 13.7. The summed E-state index contributed by atoms with van der Waals surface area (Å²) in [4.78, 5) is 27.0. The summed E-state index contributed by atoms with van der Waals surface area (Å²) in [7, 11) is 1.30. The Bertz CT molecular complexity index is 452. The van der Waals surface area contributed by atoms with Crippen molar-refractivity contribution in [2.24, 2.45) is 0 Å². The van der Waals surface area contributed by atoms with Crippen LogP contribution in [0.4, 0.5) is 0 Å². The van der Waals surface area contributed by atoms with Crippen LogP contribution in [0.1, 0.15) is 33.7 Å². The molecule has 1 aromatic rings. The van der Waals surface area contributed by atoms with Crippen molar-refractivity contribution < 1.29 is 19.1 Å². The SMILES string of the molecule is COC(=O)c1ccc(C(=O)NCC2CCCO2)nc1. The number of esters is 1. The summed E-state index contributed by atoms with van der Waals surface area (Å²) in [5, 5.41) is 2.76. The lowest BCUT2D eigenvalue weighted by atomic mass is 10.2. The number of rotatable bonds is 4. The first kappa shape index (κ1) is 13.5. The van der Waals surface area contributed by atoms with Crippen molar-refractivity contribution in [1.82, 2.24) is 10.3 Å². The minimum Gasteiger partial charge on any atom is -0.465 e. The van der Waals surface area contributed by atoms with Gasteiger partial charge in [-0.05, 0) is 25.0 Å². The molecule has 0 aliphatic carbocycles. The second-order valence-corrected chi connectivity index (χ2v) is 4.27. The predicted molar refractivity (Wildman–Crippen MR) is 66.9 cm³/mol. The van der Waals surface area contributed by atoms with Crippen molar-refractivity contribution in [3.05, 3.63) is 29.6 Å². The van der Waals surface area contributed by atoms with Crippen LogP contribution in [0.5, 0.6) is 0 Å². The molecule has 1 unspecified atom stereocenters. The fourth-order valence-electron chi connectivity index (χ4n) is 1.87. The first-order valence-electron chi connectivity index (χ1n) is 6.15. The Hall–Kier alpha value is -1.95. The molecule has 19 heavy (non-hydrogen) atoms. The number of carbonyl (C=O) groups is 2. The second kappa shape index (κ2) is 6.29. The Morgan fingerprint density at radius 3 is 2.95 bits per heavy atom. The van der Waals surface area contributed by atoms with Crippen LogP contribution in [0, 0.1) is 0 Å². The lowest BCUT2D eigenvalue weighted by molar-refractivity contribution is 0.0599. The third-order valence-corrected chi connectivity index (χ3v) is 2.93. The molecule has 2 heterocycles. The van der Waals surface area contributed by atoms with Crippen molar-refractivity contribution in [1.29, 1.82) is 0 Å². The van der Waals surface area contributed by atoms with E-state index in [1.807, 2.05) is 0 Å². The lowest BCUT2D eigenvalue weighted by Crippen LogP contribution is -2.32. The molecule has 6 heteroatoms. The van der Waals surface area contributed by atoms with Gasteiger partial charge in [-0.2, -0.15) is 0 Å². The second-order valence-electron chi connectivity index (χ2n) is 4.27. The molecule has 1 aliphatic rings. The highest BCUT2D eigenvalue weighted by atomic mass is 16.5. The first-order chi connectivity index (χ1) is 9.20. The number of ether oxygens (including phenoxy) is 2. The maximum atomic E-state index is 11.8. The fraction of sp³-hybridized carbons (Fsp3) is 0.462. The summed E-state index contributed by atoms with van der Waals surface area (Å²) in [5.41, 5.74) is 0.587. The number of hydrogen-bond acceptors (Lipinski definition) is 5. The van der Waals surface area contributed by atoms with E-state index in [9.17, 15) is 9.59 Å². The monoisotopic (exact) mass is 264 g/mol. The Kier molecular flexibility index (Phi) is 4.46. The third-order valence-electron chi connectivity index (χ3n) is 2.93. The lowest BCUT2D eigenvalue weighted by Gasteiger charge is -2.10. The Labute approximate surface area is 111 Å². The maximum absolute atomic E-state index is 11.8.